The van der Waals surface area contributed by atoms with Crippen LogP contribution >= 0.6 is 27.5 Å². The van der Waals surface area contributed by atoms with Gasteiger partial charge in [-0.25, -0.2) is 0 Å². The average molecular weight is 421 g/mol. The van der Waals surface area contributed by atoms with Gasteiger partial charge in [-0.1, -0.05) is 23.7 Å². The van der Waals surface area contributed by atoms with Gasteiger partial charge in [0, 0.05) is 17.6 Å². The third-order valence-electron chi connectivity index (χ3n) is 3.32. The second-order valence-electron chi connectivity index (χ2n) is 4.60. The predicted octanol–water partition coefficient (Wildman–Crippen LogP) is 2.74. The topological polar surface area (TPSA) is 72.3 Å². The van der Waals surface area contributed by atoms with E-state index < -0.39 is 15.6 Å². The van der Waals surface area contributed by atoms with Gasteiger partial charge in [0.1, 0.15) is 9.92 Å². The molecular weight excluding hydrogens is 406 g/mol. The van der Waals surface area contributed by atoms with Crippen molar-refractivity contribution >= 4 is 43.2 Å². The summed E-state index contributed by atoms with van der Waals surface area (Å²) in [6, 6.07) is 6.20. The molecule has 1 aromatic heterocycles. The van der Waals surface area contributed by atoms with E-state index in [1.165, 1.54) is 12.3 Å². The van der Waals surface area contributed by atoms with Gasteiger partial charge in [-0.05, 0) is 41.9 Å². The quantitative estimate of drug-likeness (QED) is 0.744. The Labute approximate surface area is 147 Å². The van der Waals surface area contributed by atoms with Crippen molar-refractivity contribution < 1.29 is 8.42 Å². The van der Waals surface area contributed by atoms with E-state index in [1.807, 2.05) is 18.7 Å². The molecule has 2 rings (SSSR count). The summed E-state index contributed by atoms with van der Waals surface area (Å²) in [6.07, 6.45) is 1.30. The number of hydrogen-bond donors (Lipinski definition) is 0. The maximum absolute atomic E-state index is 12.6. The van der Waals surface area contributed by atoms with Crippen LogP contribution in [-0.2, 0) is 10.0 Å². The lowest BCUT2D eigenvalue weighted by Gasteiger charge is -2.21. The molecule has 1 heterocycles. The molecule has 0 aliphatic rings. The van der Waals surface area contributed by atoms with Gasteiger partial charge in [0.2, 0.25) is 0 Å². The molecule has 0 radical (unpaired) electrons. The van der Waals surface area contributed by atoms with Crippen molar-refractivity contribution in [3.8, 4) is 0 Å². The van der Waals surface area contributed by atoms with Gasteiger partial charge >= 0.3 is 5.56 Å². The average Bonchev–Trinajstić information content (AvgIpc) is 2.52. The summed E-state index contributed by atoms with van der Waals surface area (Å²) in [4.78, 5) is 14.2. The monoisotopic (exact) mass is 419 g/mol. The lowest BCUT2D eigenvalue weighted by molar-refractivity contribution is 0.575. The van der Waals surface area contributed by atoms with Crippen LogP contribution < -0.4 is 10.5 Å². The van der Waals surface area contributed by atoms with Gasteiger partial charge in [0.05, 0.1) is 11.9 Å². The molecule has 0 bridgehead atoms. The number of halogens is 2. The number of anilines is 1. The van der Waals surface area contributed by atoms with Crippen LogP contribution in [0.5, 0.6) is 0 Å². The van der Waals surface area contributed by atoms with Crippen LogP contribution in [0.4, 0.5) is 5.69 Å². The molecule has 124 valence electrons. The van der Waals surface area contributed by atoms with Crippen LogP contribution in [0.15, 0.2) is 44.6 Å². The van der Waals surface area contributed by atoms with E-state index in [4.69, 9.17) is 11.6 Å². The fraction of sp³-hybridized carbons (Fsp3) is 0.286. The highest BCUT2D eigenvalue weighted by molar-refractivity contribution is 9.10. The molecule has 0 saturated heterocycles. The van der Waals surface area contributed by atoms with Crippen molar-refractivity contribution in [1.82, 2.24) is 9.19 Å². The highest BCUT2D eigenvalue weighted by Crippen LogP contribution is 2.24. The normalized spacial score (nSPS) is 11.5. The molecule has 6 nitrogen and oxygen atoms in total. The van der Waals surface area contributed by atoms with E-state index in [1.54, 1.807) is 18.2 Å². The van der Waals surface area contributed by atoms with Crippen molar-refractivity contribution in [2.24, 2.45) is 0 Å². The van der Waals surface area contributed by atoms with E-state index in [-0.39, 0.29) is 9.92 Å². The zero-order chi connectivity index (χ0) is 17.2. The molecule has 0 aliphatic heterocycles. The van der Waals surface area contributed by atoms with Gasteiger partial charge in [-0.3, -0.25) is 4.79 Å². The van der Waals surface area contributed by atoms with Gasteiger partial charge in [0.25, 0.3) is 10.0 Å². The lowest BCUT2D eigenvalue weighted by Crippen LogP contribution is -2.33. The van der Waals surface area contributed by atoms with Crippen molar-refractivity contribution in [2.75, 3.05) is 18.0 Å². The molecule has 0 amide bonds. The highest BCUT2D eigenvalue weighted by atomic mass is 79.9. The standard InChI is InChI=1S/C14H15BrClN3O3S/c1-3-18(4-2)11-9-17-19(14(20)13(11)16)23(21,22)12-8-6-5-7-10(12)15/h5-9H,3-4H2,1-2H3. The number of hydrogen-bond acceptors (Lipinski definition) is 5. The van der Waals surface area contributed by atoms with Crippen molar-refractivity contribution in [2.45, 2.75) is 18.7 Å². The molecule has 1 aromatic carbocycles. The molecule has 9 heteroatoms. The fourth-order valence-corrected chi connectivity index (χ4v) is 4.54. The Kier molecular flexibility index (Phi) is 5.49. The minimum Gasteiger partial charge on any atom is -0.369 e. The summed E-state index contributed by atoms with van der Waals surface area (Å²) >= 11 is 9.26. The maximum atomic E-state index is 12.6. The number of benzene rings is 1. The molecule has 0 spiro atoms. The molecular formula is C14H15BrClN3O3S. The minimum absolute atomic E-state index is 0.0544. The van der Waals surface area contributed by atoms with E-state index in [9.17, 15) is 13.2 Å². The zero-order valence-electron chi connectivity index (χ0n) is 12.5. The Balaban J connectivity index is 2.65. The van der Waals surface area contributed by atoms with E-state index in [0.29, 0.717) is 27.3 Å². The second kappa shape index (κ2) is 7.02. The number of rotatable bonds is 5. The van der Waals surface area contributed by atoms with Crippen LogP contribution in [0, 0.1) is 0 Å². The van der Waals surface area contributed by atoms with E-state index in [2.05, 4.69) is 21.0 Å². The third kappa shape index (κ3) is 3.29. The number of nitrogens with zero attached hydrogens (tertiary/aromatic N) is 3. The molecule has 0 aliphatic carbocycles. The largest absolute Gasteiger partial charge is 0.369 e. The Hall–Kier alpha value is -1.38. The first kappa shape index (κ1) is 18.0. The Morgan fingerprint density at radius 3 is 2.43 bits per heavy atom. The summed E-state index contributed by atoms with van der Waals surface area (Å²) < 4.78 is 26.1. The summed E-state index contributed by atoms with van der Waals surface area (Å²) in [6.45, 7) is 5.06. The van der Waals surface area contributed by atoms with Crippen LogP contribution in [0.25, 0.3) is 0 Å². The van der Waals surface area contributed by atoms with Crippen molar-refractivity contribution in [1.29, 1.82) is 0 Å². The SMILES string of the molecule is CCN(CC)c1cnn(S(=O)(=O)c2ccccc2Br)c(=O)c1Cl. The molecule has 23 heavy (non-hydrogen) atoms. The first-order chi connectivity index (χ1) is 10.8. The van der Waals surface area contributed by atoms with Crippen molar-refractivity contribution in [3.63, 3.8) is 0 Å². The zero-order valence-corrected chi connectivity index (χ0v) is 15.7. The molecule has 0 N–H and O–H groups in total. The molecule has 0 fully saturated rings. The van der Waals surface area contributed by atoms with Crippen molar-refractivity contribution in [3.05, 3.63) is 50.3 Å². The second-order valence-corrected chi connectivity index (χ2v) is 7.57. The lowest BCUT2D eigenvalue weighted by atomic mass is 10.4. The summed E-state index contributed by atoms with van der Waals surface area (Å²) in [5.41, 5.74) is -0.452. The molecule has 0 atom stereocenters. The van der Waals surface area contributed by atoms with Gasteiger partial charge in [0.15, 0.2) is 0 Å². The van der Waals surface area contributed by atoms with Crippen LogP contribution in [0.2, 0.25) is 5.02 Å². The van der Waals surface area contributed by atoms with Crippen LogP contribution in [0.3, 0.4) is 0 Å². The smallest absolute Gasteiger partial charge is 0.302 e. The Morgan fingerprint density at radius 1 is 1.26 bits per heavy atom. The Bertz CT molecular complexity index is 879. The third-order valence-corrected chi connectivity index (χ3v) is 6.25. The first-order valence-electron chi connectivity index (χ1n) is 6.87. The summed E-state index contributed by atoms with van der Waals surface area (Å²) in [7, 11) is -4.14. The van der Waals surface area contributed by atoms with E-state index in [0.717, 1.165) is 0 Å². The molecule has 0 unspecified atom stereocenters. The van der Waals surface area contributed by atoms with Gasteiger partial charge in [-0.15, -0.1) is 4.09 Å². The first-order valence-corrected chi connectivity index (χ1v) is 9.48. The van der Waals surface area contributed by atoms with Gasteiger partial charge < -0.3 is 4.90 Å². The number of aromatic nitrogens is 2. The summed E-state index contributed by atoms with van der Waals surface area (Å²) in [5, 5.41) is 3.65. The fourth-order valence-electron chi connectivity index (χ4n) is 2.11. The van der Waals surface area contributed by atoms with E-state index >= 15 is 0 Å². The van der Waals surface area contributed by atoms with Crippen LogP contribution in [-0.4, -0.2) is 30.7 Å². The maximum Gasteiger partial charge on any atom is 0.302 e. The molecule has 0 saturated carbocycles. The van der Waals surface area contributed by atoms with Crippen LogP contribution in [0.1, 0.15) is 13.8 Å². The summed E-state index contributed by atoms with van der Waals surface area (Å²) in [5.74, 6) is 0. The molecule has 2 aromatic rings. The minimum atomic E-state index is -4.14. The Morgan fingerprint density at radius 2 is 1.87 bits per heavy atom. The predicted molar refractivity (Wildman–Crippen MR) is 93.8 cm³/mol. The van der Waals surface area contributed by atoms with Gasteiger partial charge in [-0.2, -0.15) is 13.5 Å². The highest BCUT2D eigenvalue weighted by Gasteiger charge is 2.25.